The zero-order valence-electron chi connectivity index (χ0n) is 10.8. The van der Waals surface area contributed by atoms with Gasteiger partial charge in [-0.15, -0.1) is 0 Å². The quantitative estimate of drug-likeness (QED) is 0.771. The molecule has 6 heteroatoms. The normalized spacial score (nSPS) is 19.9. The van der Waals surface area contributed by atoms with E-state index in [-0.39, 0.29) is 11.8 Å². The number of carbonyl (C=O) groups is 1. The highest BCUT2D eigenvalue weighted by Crippen LogP contribution is 2.21. The molecule has 2 rings (SSSR count). The van der Waals surface area contributed by atoms with Crippen molar-refractivity contribution in [2.75, 3.05) is 31.1 Å². The summed E-state index contributed by atoms with van der Waals surface area (Å²) in [5, 5.41) is 2.86. The molecule has 0 radical (unpaired) electrons. The Kier molecular flexibility index (Phi) is 4.19. The molecule has 1 fully saturated rings. The fourth-order valence-corrected chi connectivity index (χ4v) is 2.37. The molecule has 100 valence electrons. The number of amides is 1. The van der Waals surface area contributed by atoms with Gasteiger partial charge in [0.2, 0.25) is 11.9 Å². The smallest absolute Gasteiger partial charge is 0.224 e. The highest BCUT2D eigenvalue weighted by molar-refractivity contribution is 5.79. The van der Waals surface area contributed by atoms with Gasteiger partial charge in [-0.3, -0.25) is 4.79 Å². The molecule has 1 aliphatic heterocycles. The van der Waals surface area contributed by atoms with E-state index in [0.29, 0.717) is 13.1 Å². The fourth-order valence-electron chi connectivity index (χ4n) is 2.37. The Morgan fingerprint density at radius 3 is 3.17 bits per heavy atom. The van der Waals surface area contributed by atoms with E-state index in [1.54, 1.807) is 6.20 Å². The third-order valence-electron chi connectivity index (χ3n) is 3.31. The molecule has 0 bridgehead atoms. The molecule has 0 saturated carbocycles. The molecule has 18 heavy (non-hydrogen) atoms. The van der Waals surface area contributed by atoms with Crippen molar-refractivity contribution < 1.29 is 4.79 Å². The van der Waals surface area contributed by atoms with Crippen LogP contribution in [0.2, 0.25) is 0 Å². The summed E-state index contributed by atoms with van der Waals surface area (Å²) in [5.74, 6) is 1.09. The molecule has 1 aromatic rings. The summed E-state index contributed by atoms with van der Waals surface area (Å²) in [5.41, 5.74) is 5.39. The molecule has 1 aromatic heterocycles. The van der Waals surface area contributed by atoms with Gasteiger partial charge in [-0.05, 0) is 12.8 Å². The van der Waals surface area contributed by atoms with Gasteiger partial charge in [0.25, 0.3) is 0 Å². The molecular formula is C12H21N5O. The first-order valence-electron chi connectivity index (χ1n) is 6.42. The number of nitrogens with two attached hydrogens (primary N) is 1. The molecular weight excluding hydrogens is 230 g/mol. The van der Waals surface area contributed by atoms with Gasteiger partial charge in [0.15, 0.2) is 0 Å². The van der Waals surface area contributed by atoms with E-state index in [1.165, 1.54) is 0 Å². The van der Waals surface area contributed by atoms with E-state index in [4.69, 9.17) is 5.73 Å². The molecule has 3 N–H and O–H groups in total. The minimum absolute atomic E-state index is 0.0435. The third kappa shape index (κ3) is 2.81. The van der Waals surface area contributed by atoms with Crippen molar-refractivity contribution in [3.05, 3.63) is 12.4 Å². The molecule has 1 amide bonds. The van der Waals surface area contributed by atoms with E-state index < -0.39 is 0 Å². The second kappa shape index (κ2) is 5.86. The number of imidazole rings is 1. The summed E-state index contributed by atoms with van der Waals surface area (Å²) < 4.78 is 1.99. The monoisotopic (exact) mass is 251 g/mol. The molecule has 6 nitrogen and oxygen atoms in total. The lowest BCUT2D eigenvalue weighted by atomic mass is 9.97. The largest absolute Gasteiger partial charge is 0.355 e. The van der Waals surface area contributed by atoms with Crippen LogP contribution >= 0.6 is 0 Å². The van der Waals surface area contributed by atoms with Gasteiger partial charge < -0.3 is 20.5 Å². The van der Waals surface area contributed by atoms with E-state index >= 15 is 0 Å². The number of rotatable bonds is 4. The lowest BCUT2D eigenvalue weighted by molar-refractivity contribution is -0.125. The predicted molar refractivity (Wildman–Crippen MR) is 70.2 cm³/mol. The van der Waals surface area contributed by atoms with E-state index in [0.717, 1.165) is 31.9 Å². The lowest BCUT2D eigenvalue weighted by Gasteiger charge is -2.32. The van der Waals surface area contributed by atoms with Gasteiger partial charge in [-0.25, -0.2) is 4.98 Å². The van der Waals surface area contributed by atoms with Crippen LogP contribution < -0.4 is 16.0 Å². The molecule has 2 heterocycles. The second-order valence-corrected chi connectivity index (χ2v) is 4.70. The molecule has 0 spiro atoms. The van der Waals surface area contributed by atoms with Gasteiger partial charge >= 0.3 is 0 Å². The number of hydrogen-bond acceptors (Lipinski definition) is 4. The van der Waals surface area contributed by atoms with Crippen molar-refractivity contribution in [3.63, 3.8) is 0 Å². The zero-order chi connectivity index (χ0) is 13.0. The average molecular weight is 251 g/mol. The number of hydrogen-bond donors (Lipinski definition) is 2. The van der Waals surface area contributed by atoms with Crippen molar-refractivity contribution in [2.45, 2.75) is 12.8 Å². The Hall–Kier alpha value is -1.56. The summed E-state index contributed by atoms with van der Waals surface area (Å²) in [6.45, 7) is 2.74. The van der Waals surface area contributed by atoms with Gasteiger partial charge in [0.1, 0.15) is 0 Å². The number of anilines is 1. The predicted octanol–water partition coefficient (Wildman–Crippen LogP) is -0.289. The Labute approximate surface area is 107 Å². The van der Waals surface area contributed by atoms with Crippen LogP contribution in [0.25, 0.3) is 0 Å². The summed E-state index contributed by atoms with van der Waals surface area (Å²) in [4.78, 5) is 18.4. The van der Waals surface area contributed by atoms with Crippen LogP contribution in [0.3, 0.4) is 0 Å². The minimum Gasteiger partial charge on any atom is -0.355 e. The van der Waals surface area contributed by atoms with Crippen molar-refractivity contribution in [1.29, 1.82) is 0 Å². The van der Waals surface area contributed by atoms with Gasteiger partial charge in [-0.2, -0.15) is 0 Å². The lowest BCUT2D eigenvalue weighted by Crippen LogP contribution is -2.44. The Bertz CT molecular complexity index is 403. The maximum Gasteiger partial charge on any atom is 0.224 e. The van der Waals surface area contributed by atoms with Crippen molar-refractivity contribution in [2.24, 2.45) is 18.7 Å². The Morgan fingerprint density at radius 2 is 2.50 bits per heavy atom. The fraction of sp³-hybridized carbons (Fsp3) is 0.667. The number of aromatic nitrogens is 2. The highest BCUT2D eigenvalue weighted by atomic mass is 16.1. The topological polar surface area (TPSA) is 76.2 Å². The first-order chi connectivity index (χ1) is 8.72. The highest BCUT2D eigenvalue weighted by Gasteiger charge is 2.27. The first kappa shape index (κ1) is 12.9. The summed E-state index contributed by atoms with van der Waals surface area (Å²) in [6, 6.07) is 0. The van der Waals surface area contributed by atoms with Crippen molar-refractivity contribution in [1.82, 2.24) is 14.9 Å². The number of nitrogens with one attached hydrogen (secondary N) is 1. The standard InChI is InChI=1S/C12H21N5O/c1-16-8-6-15-12(16)17-7-2-3-10(9-17)11(18)14-5-4-13/h6,8,10H,2-5,7,9,13H2,1H3,(H,14,18). The van der Waals surface area contributed by atoms with Gasteiger partial charge in [0.05, 0.1) is 5.92 Å². The van der Waals surface area contributed by atoms with Crippen molar-refractivity contribution >= 4 is 11.9 Å². The van der Waals surface area contributed by atoms with Crippen LogP contribution in [0.15, 0.2) is 12.4 Å². The zero-order valence-corrected chi connectivity index (χ0v) is 10.8. The van der Waals surface area contributed by atoms with Crippen LogP contribution in [0.4, 0.5) is 5.95 Å². The van der Waals surface area contributed by atoms with Gasteiger partial charge in [0, 0.05) is 45.6 Å². The maximum absolute atomic E-state index is 11.9. The van der Waals surface area contributed by atoms with E-state index in [2.05, 4.69) is 15.2 Å². The molecule has 1 saturated heterocycles. The number of piperidine rings is 1. The second-order valence-electron chi connectivity index (χ2n) is 4.70. The number of aryl methyl sites for hydroxylation is 1. The molecule has 1 aliphatic rings. The first-order valence-corrected chi connectivity index (χ1v) is 6.42. The Balaban J connectivity index is 1.96. The third-order valence-corrected chi connectivity index (χ3v) is 3.31. The molecule has 0 aliphatic carbocycles. The minimum atomic E-state index is 0.0435. The van der Waals surface area contributed by atoms with Crippen LogP contribution in [0.1, 0.15) is 12.8 Å². The SMILES string of the molecule is Cn1ccnc1N1CCCC(C(=O)NCCN)C1. The van der Waals surface area contributed by atoms with Crippen LogP contribution in [0, 0.1) is 5.92 Å². The maximum atomic E-state index is 11.9. The van der Waals surface area contributed by atoms with Gasteiger partial charge in [-0.1, -0.05) is 0 Å². The summed E-state index contributed by atoms with van der Waals surface area (Å²) in [7, 11) is 1.97. The van der Waals surface area contributed by atoms with E-state index in [9.17, 15) is 4.79 Å². The van der Waals surface area contributed by atoms with E-state index in [1.807, 2.05) is 17.8 Å². The number of carbonyl (C=O) groups excluding carboxylic acids is 1. The number of nitrogens with zero attached hydrogens (tertiary/aromatic N) is 3. The molecule has 0 aromatic carbocycles. The summed E-state index contributed by atoms with van der Waals surface area (Å²) >= 11 is 0. The van der Waals surface area contributed by atoms with Crippen LogP contribution in [-0.2, 0) is 11.8 Å². The Morgan fingerprint density at radius 1 is 1.67 bits per heavy atom. The van der Waals surface area contributed by atoms with Crippen LogP contribution in [-0.4, -0.2) is 41.6 Å². The molecule has 1 unspecified atom stereocenters. The molecule has 1 atom stereocenters. The average Bonchev–Trinajstić information content (AvgIpc) is 2.82. The van der Waals surface area contributed by atoms with Crippen molar-refractivity contribution in [3.8, 4) is 0 Å². The van der Waals surface area contributed by atoms with Crippen LogP contribution in [0.5, 0.6) is 0 Å². The summed E-state index contributed by atoms with van der Waals surface area (Å²) in [6.07, 6.45) is 5.67.